The minimum Gasteiger partial charge on any atom is -0.323 e. The Balaban J connectivity index is 2.94. The van der Waals surface area contributed by atoms with Crippen molar-refractivity contribution in [2.45, 2.75) is 0 Å². The van der Waals surface area contributed by atoms with Gasteiger partial charge in [0.15, 0.2) is 0 Å². The van der Waals surface area contributed by atoms with Gasteiger partial charge in [-0.25, -0.2) is 0 Å². The molecule has 4 heteroatoms. The van der Waals surface area contributed by atoms with Crippen LogP contribution in [0.3, 0.4) is 0 Å². The summed E-state index contributed by atoms with van der Waals surface area (Å²) in [5, 5.41) is 0. The maximum absolute atomic E-state index is 5.11. The van der Waals surface area contributed by atoms with Crippen LogP contribution in [0, 0.1) is 0 Å². The molecular weight excluding hydrogens is 182 g/mol. The van der Waals surface area contributed by atoms with E-state index in [0.717, 1.165) is 10.2 Å². The van der Waals surface area contributed by atoms with Gasteiger partial charge in [0.25, 0.3) is 0 Å². The highest BCUT2D eigenvalue weighted by atomic mass is 79.9. The average molecular weight is 188 g/mol. The molecule has 0 atom stereocenters. The number of aromatic nitrogens is 1. The van der Waals surface area contributed by atoms with Crippen LogP contribution >= 0.6 is 15.9 Å². The highest BCUT2D eigenvalue weighted by Gasteiger charge is 1.87. The fourth-order valence-corrected chi connectivity index (χ4v) is 0.856. The molecule has 48 valence electrons. The van der Waals surface area contributed by atoms with E-state index in [0.29, 0.717) is 0 Å². The van der Waals surface area contributed by atoms with Gasteiger partial charge in [0.2, 0.25) is 0 Å². The van der Waals surface area contributed by atoms with Crippen LogP contribution in [-0.4, -0.2) is 4.98 Å². The van der Waals surface area contributed by atoms with Crippen molar-refractivity contribution in [3.63, 3.8) is 0 Å². The van der Waals surface area contributed by atoms with Gasteiger partial charge < -0.3 is 5.43 Å². The number of nitrogens with zero attached hydrogens (tertiary/aromatic N) is 1. The fraction of sp³-hybridized carbons (Fsp3) is 0. The van der Waals surface area contributed by atoms with Gasteiger partial charge in [0.1, 0.15) is 0 Å². The Morgan fingerprint density at radius 1 is 1.56 bits per heavy atom. The molecule has 3 nitrogen and oxygen atoms in total. The summed E-state index contributed by atoms with van der Waals surface area (Å²) in [5.41, 5.74) is 3.27. The lowest BCUT2D eigenvalue weighted by molar-refractivity contribution is 1.26. The minimum atomic E-state index is 0.796. The van der Waals surface area contributed by atoms with Gasteiger partial charge in [-0.15, -0.1) is 0 Å². The topological polar surface area (TPSA) is 50.9 Å². The molecule has 0 radical (unpaired) electrons. The Bertz CT molecular complexity index is 201. The molecule has 1 aromatic rings. The third-order valence-electron chi connectivity index (χ3n) is 0.872. The summed E-state index contributed by atoms with van der Waals surface area (Å²) in [7, 11) is 0. The molecular formula is C5H6BrN3. The summed E-state index contributed by atoms with van der Waals surface area (Å²) in [6.45, 7) is 0. The second kappa shape index (κ2) is 2.80. The number of hydrogen-bond donors (Lipinski definition) is 2. The average Bonchev–Trinajstić information content (AvgIpc) is 1.88. The van der Waals surface area contributed by atoms with Gasteiger partial charge in [-0.1, -0.05) is 0 Å². The monoisotopic (exact) mass is 187 g/mol. The van der Waals surface area contributed by atoms with Gasteiger partial charge in [0.05, 0.1) is 11.9 Å². The lowest BCUT2D eigenvalue weighted by atomic mass is 10.4. The van der Waals surface area contributed by atoms with E-state index < -0.39 is 0 Å². The molecule has 1 aromatic heterocycles. The zero-order valence-corrected chi connectivity index (χ0v) is 6.22. The third-order valence-corrected chi connectivity index (χ3v) is 1.31. The molecule has 0 fully saturated rings. The first kappa shape index (κ1) is 6.51. The molecule has 0 saturated heterocycles. The number of nitrogens with two attached hydrogens (primary N) is 1. The number of hydrazine groups is 1. The zero-order valence-electron chi connectivity index (χ0n) is 4.63. The van der Waals surface area contributed by atoms with Crippen LogP contribution in [0.5, 0.6) is 0 Å². The van der Waals surface area contributed by atoms with Crippen LogP contribution in [0.4, 0.5) is 5.69 Å². The van der Waals surface area contributed by atoms with E-state index in [9.17, 15) is 0 Å². The molecule has 0 saturated carbocycles. The largest absolute Gasteiger partial charge is 0.323 e. The second-order valence-electron chi connectivity index (χ2n) is 1.54. The zero-order chi connectivity index (χ0) is 6.69. The number of rotatable bonds is 1. The summed E-state index contributed by atoms with van der Waals surface area (Å²) in [4.78, 5) is 3.87. The van der Waals surface area contributed by atoms with Crippen LogP contribution in [0.15, 0.2) is 22.9 Å². The number of pyridine rings is 1. The number of nitrogens with one attached hydrogen (secondary N) is 1. The Morgan fingerprint density at radius 2 is 2.33 bits per heavy atom. The Labute approximate surface area is 61.4 Å². The van der Waals surface area contributed by atoms with Gasteiger partial charge in [-0.3, -0.25) is 10.8 Å². The lowest BCUT2D eigenvalue weighted by Crippen LogP contribution is -2.06. The van der Waals surface area contributed by atoms with Crippen molar-refractivity contribution < 1.29 is 0 Å². The summed E-state index contributed by atoms with van der Waals surface area (Å²) >= 11 is 3.24. The van der Waals surface area contributed by atoms with Crippen LogP contribution < -0.4 is 11.3 Å². The second-order valence-corrected chi connectivity index (χ2v) is 2.45. The minimum absolute atomic E-state index is 0.796. The molecule has 0 unspecified atom stereocenters. The van der Waals surface area contributed by atoms with Crippen molar-refractivity contribution in [1.82, 2.24) is 4.98 Å². The third kappa shape index (κ3) is 1.65. The highest BCUT2D eigenvalue weighted by molar-refractivity contribution is 9.10. The molecule has 1 heterocycles. The number of halogens is 1. The molecule has 9 heavy (non-hydrogen) atoms. The van der Waals surface area contributed by atoms with Crippen LogP contribution in [0.2, 0.25) is 0 Å². The van der Waals surface area contributed by atoms with Gasteiger partial charge >= 0.3 is 0 Å². The quantitative estimate of drug-likeness (QED) is 0.513. The van der Waals surface area contributed by atoms with E-state index in [1.807, 2.05) is 6.07 Å². The molecule has 3 N–H and O–H groups in total. The number of hydrogen-bond acceptors (Lipinski definition) is 3. The van der Waals surface area contributed by atoms with Crippen molar-refractivity contribution in [3.05, 3.63) is 22.9 Å². The molecule has 0 amide bonds. The van der Waals surface area contributed by atoms with Crippen molar-refractivity contribution in [1.29, 1.82) is 0 Å². The van der Waals surface area contributed by atoms with Gasteiger partial charge in [0, 0.05) is 10.7 Å². The first-order valence-electron chi connectivity index (χ1n) is 2.40. The Kier molecular flexibility index (Phi) is 2.02. The fourth-order valence-electron chi connectivity index (χ4n) is 0.491. The summed E-state index contributed by atoms with van der Waals surface area (Å²) in [6, 6.07) is 1.84. The molecule has 0 spiro atoms. The van der Waals surface area contributed by atoms with E-state index in [1.54, 1.807) is 12.4 Å². The molecule has 1 rings (SSSR count). The van der Waals surface area contributed by atoms with Crippen LogP contribution in [0.1, 0.15) is 0 Å². The van der Waals surface area contributed by atoms with Crippen molar-refractivity contribution in [2.75, 3.05) is 5.43 Å². The first-order valence-corrected chi connectivity index (χ1v) is 3.19. The van der Waals surface area contributed by atoms with E-state index >= 15 is 0 Å². The normalized spacial score (nSPS) is 9.11. The summed E-state index contributed by atoms with van der Waals surface area (Å²) in [6.07, 6.45) is 3.34. The van der Waals surface area contributed by atoms with Gasteiger partial charge in [-0.2, -0.15) is 0 Å². The van der Waals surface area contributed by atoms with Gasteiger partial charge in [-0.05, 0) is 22.0 Å². The number of anilines is 1. The molecule has 0 bridgehead atoms. The first-order chi connectivity index (χ1) is 4.33. The predicted molar refractivity (Wildman–Crippen MR) is 39.7 cm³/mol. The predicted octanol–water partition coefficient (Wildman–Crippen LogP) is 1.13. The highest BCUT2D eigenvalue weighted by Crippen LogP contribution is 2.11. The number of nitrogen functional groups attached to an aromatic ring is 1. The van der Waals surface area contributed by atoms with Crippen molar-refractivity contribution >= 4 is 21.6 Å². The van der Waals surface area contributed by atoms with E-state index in [1.165, 1.54) is 0 Å². The Morgan fingerprint density at radius 3 is 2.78 bits per heavy atom. The smallest absolute Gasteiger partial charge is 0.0680 e. The summed E-state index contributed by atoms with van der Waals surface area (Å²) < 4.78 is 0.915. The molecule has 0 aliphatic carbocycles. The van der Waals surface area contributed by atoms with Crippen molar-refractivity contribution in [2.24, 2.45) is 5.84 Å². The standard InChI is InChI=1S/C5H6BrN3/c6-4-1-5(9-7)3-8-2-4/h1-3,9H,7H2. The van der Waals surface area contributed by atoms with Crippen LogP contribution in [0.25, 0.3) is 0 Å². The molecule has 0 aliphatic rings. The van der Waals surface area contributed by atoms with E-state index in [2.05, 4.69) is 26.3 Å². The lowest BCUT2D eigenvalue weighted by Gasteiger charge is -1.96. The van der Waals surface area contributed by atoms with E-state index in [-0.39, 0.29) is 0 Å². The molecule has 0 aromatic carbocycles. The Hall–Kier alpha value is -0.610. The van der Waals surface area contributed by atoms with Crippen molar-refractivity contribution in [3.8, 4) is 0 Å². The summed E-state index contributed by atoms with van der Waals surface area (Å²) in [5.74, 6) is 5.11. The van der Waals surface area contributed by atoms with E-state index in [4.69, 9.17) is 5.84 Å². The molecule has 0 aliphatic heterocycles. The maximum atomic E-state index is 5.11. The maximum Gasteiger partial charge on any atom is 0.0680 e. The van der Waals surface area contributed by atoms with Crippen LogP contribution in [-0.2, 0) is 0 Å². The SMILES string of the molecule is NNc1cncc(Br)c1.